The van der Waals surface area contributed by atoms with Crippen LogP contribution in [0.4, 0.5) is 0 Å². The van der Waals surface area contributed by atoms with E-state index in [9.17, 15) is 9.90 Å². The molecule has 1 N–H and O–H groups in total. The molecule has 19 heavy (non-hydrogen) atoms. The van der Waals surface area contributed by atoms with Gasteiger partial charge < -0.3 is 9.52 Å². The zero-order valence-electron chi connectivity index (χ0n) is 9.76. The summed E-state index contributed by atoms with van der Waals surface area (Å²) >= 11 is 2.22. The van der Waals surface area contributed by atoms with E-state index in [1.807, 2.05) is 24.3 Å². The Morgan fingerprint density at radius 3 is 2.47 bits per heavy atom. The number of hydrogen-bond donors (Lipinski definition) is 1. The molecule has 3 nitrogen and oxygen atoms in total. The van der Waals surface area contributed by atoms with Crippen molar-refractivity contribution in [1.82, 2.24) is 0 Å². The van der Waals surface area contributed by atoms with E-state index in [-0.39, 0.29) is 11.2 Å². The number of benzene rings is 2. The third kappa shape index (κ3) is 2.35. The zero-order chi connectivity index (χ0) is 13.4. The largest absolute Gasteiger partial charge is 0.508 e. The lowest BCUT2D eigenvalue weighted by Gasteiger charge is -2.03. The smallest absolute Gasteiger partial charge is 0.193 e. The number of rotatable bonds is 1. The maximum Gasteiger partial charge on any atom is 0.193 e. The molecule has 0 bridgehead atoms. The number of phenolic OH excluding ortho intramolecular Hbond substituents is 1. The third-order valence-electron chi connectivity index (χ3n) is 2.84. The molecule has 0 aliphatic carbocycles. The molecule has 1 heterocycles. The Kier molecular flexibility index (Phi) is 3.02. The Morgan fingerprint density at radius 1 is 1.00 bits per heavy atom. The summed E-state index contributed by atoms with van der Waals surface area (Å²) in [6, 6.07) is 13.7. The lowest BCUT2D eigenvalue weighted by atomic mass is 10.1. The predicted octanol–water partition coefficient (Wildman–Crippen LogP) is 3.77. The van der Waals surface area contributed by atoms with Crippen LogP contribution in [0.2, 0.25) is 0 Å². The monoisotopic (exact) mass is 364 g/mol. The summed E-state index contributed by atoms with van der Waals surface area (Å²) in [7, 11) is 0. The highest BCUT2D eigenvalue weighted by Crippen LogP contribution is 2.24. The van der Waals surface area contributed by atoms with Crippen LogP contribution in [0.3, 0.4) is 0 Å². The summed E-state index contributed by atoms with van der Waals surface area (Å²) in [4.78, 5) is 12.0. The highest BCUT2D eigenvalue weighted by Gasteiger charge is 2.07. The van der Waals surface area contributed by atoms with E-state index >= 15 is 0 Å². The van der Waals surface area contributed by atoms with Crippen LogP contribution in [0.1, 0.15) is 0 Å². The summed E-state index contributed by atoms with van der Waals surface area (Å²) in [6.07, 6.45) is 0. The van der Waals surface area contributed by atoms with Crippen LogP contribution in [0.5, 0.6) is 5.75 Å². The van der Waals surface area contributed by atoms with Crippen LogP contribution >= 0.6 is 22.6 Å². The molecule has 0 spiro atoms. The Balaban J connectivity index is 2.25. The molecule has 0 amide bonds. The average molecular weight is 364 g/mol. The van der Waals surface area contributed by atoms with Crippen LogP contribution in [0, 0.1) is 3.57 Å². The molecule has 0 fully saturated rings. The second-order valence-electron chi connectivity index (χ2n) is 4.16. The van der Waals surface area contributed by atoms with Crippen molar-refractivity contribution in [2.24, 2.45) is 0 Å². The van der Waals surface area contributed by atoms with Crippen molar-refractivity contribution < 1.29 is 9.52 Å². The van der Waals surface area contributed by atoms with Gasteiger partial charge in [-0.2, -0.15) is 0 Å². The first-order chi connectivity index (χ1) is 9.13. The molecule has 0 aliphatic heterocycles. The Labute approximate surface area is 122 Å². The molecule has 0 atom stereocenters. The second kappa shape index (κ2) is 4.70. The Morgan fingerprint density at radius 2 is 1.74 bits per heavy atom. The maximum atomic E-state index is 12.0. The standard InChI is InChI=1S/C15H9IO3/c16-10-3-1-9(2-4-10)14-8-13(18)12-6-5-11(17)7-15(12)19-14/h1-8,17H. The van der Waals surface area contributed by atoms with Crippen molar-refractivity contribution in [1.29, 1.82) is 0 Å². The topological polar surface area (TPSA) is 50.4 Å². The van der Waals surface area contributed by atoms with Gasteiger partial charge in [0.1, 0.15) is 17.1 Å². The van der Waals surface area contributed by atoms with E-state index in [4.69, 9.17) is 4.42 Å². The van der Waals surface area contributed by atoms with Gasteiger partial charge >= 0.3 is 0 Å². The van der Waals surface area contributed by atoms with Gasteiger partial charge in [0.25, 0.3) is 0 Å². The summed E-state index contributed by atoms with van der Waals surface area (Å²) in [6.45, 7) is 0. The summed E-state index contributed by atoms with van der Waals surface area (Å²) in [5.41, 5.74) is 1.11. The first-order valence-electron chi connectivity index (χ1n) is 5.66. The van der Waals surface area contributed by atoms with Gasteiger partial charge in [-0.25, -0.2) is 0 Å². The number of hydrogen-bond acceptors (Lipinski definition) is 3. The first-order valence-corrected chi connectivity index (χ1v) is 6.74. The Hall–Kier alpha value is -1.82. The lowest BCUT2D eigenvalue weighted by Crippen LogP contribution is -1.99. The van der Waals surface area contributed by atoms with Gasteiger partial charge in [-0.1, -0.05) is 12.1 Å². The van der Waals surface area contributed by atoms with Gasteiger partial charge in [0.2, 0.25) is 0 Å². The minimum absolute atomic E-state index is 0.0791. The van der Waals surface area contributed by atoms with E-state index in [0.717, 1.165) is 9.13 Å². The second-order valence-corrected chi connectivity index (χ2v) is 5.41. The van der Waals surface area contributed by atoms with E-state index in [0.29, 0.717) is 16.7 Å². The summed E-state index contributed by atoms with van der Waals surface area (Å²) in [5.74, 6) is 0.579. The molecule has 94 valence electrons. The van der Waals surface area contributed by atoms with Gasteiger partial charge in [0.05, 0.1) is 5.39 Å². The van der Waals surface area contributed by atoms with Gasteiger partial charge in [-0.3, -0.25) is 4.79 Å². The minimum Gasteiger partial charge on any atom is -0.508 e. The molecule has 0 unspecified atom stereocenters. The quantitative estimate of drug-likeness (QED) is 0.669. The molecule has 3 aromatic rings. The molecule has 0 saturated heterocycles. The average Bonchev–Trinajstić information content (AvgIpc) is 2.38. The van der Waals surface area contributed by atoms with Gasteiger partial charge in [-0.15, -0.1) is 0 Å². The molecule has 0 aliphatic rings. The van der Waals surface area contributed by atoms with E-state index in [1.165, 1.54) is 18.2 Å². The highest BCUT2D eigenvalue weighted by molar-refractivity contribution is 14.1. The van der Waals surface area contributed by atoms with Crippen molar-refractivity contribution in [3.05, 3.63) is 62.3 Å². The fraction of sp³-hybridized carbons (Fsp3) is 0. The number of phenols is 1. The van der Waals surface area contributed by atoms with E-state index in [1.54, 1.807) is 6.07 Å². The fourth-order valence-electron chi connectivity index (χ4n) is 1.90. The van der Waals surface area contributed by atoms with Crippen LogP contribution in [-0.4, -0.2) is 5.11 Å². The van der Waals surface area contributed by atoms with Crippen LogP contribution in [0.25, 0.3) is 22.3 Å². The fourth-order valence-corrected chi connectivity index (χ4v) is 2.26. The summed E-state index contributed by atoms with van der Waals surface area (Å²) < 4.78 is 6.80. The highest BCUT2D eigenvalue weighted by atomic mass is 127. The van der Waals surface area contributed by atoms with Crippen molar-refractivity contribution >= 4 is 33.6 Å². The van der Waals surface area contributed by atoms with Crippen molar-refractivity contribution in [2.75, 3.05) is 0 Å². The molecule has 1 aromatic heterocycles. The third-order valence-corrected chi connectivity index (χ3v) is 3.56. The van der Waals surface area contributed by atoms with E-state index < -0.39 is 0 Å². The molecule has 2 aromatic carbocycles. The first kappa shape index (κ1) is 12.2. The molecule has 4 heteroatoms. The maximum absolute atomic E-state index is 12.0. The molecular weight excluding hydrogens is 355 g/mol. The van der Waals surface area contributed by atoms with Gasteiger partial charge in [-0.05, 0) is 46.9 Å². The van der Waals surface area contributed by atoms with E-state index in [2.05, 4.69) is 22.6 Å². The van der Waals surface area contributed by atoms with Crippen molar-refractivity contribution in [3.63, 3.8) is 0 Å². The predicted molar refractivity (Wildman–Crippen MR) is 82.3 cm³/mol. The molecule has 3 rings (SSSR count). The van der Waals surface area contributed by atoms with Gasteiger partial charge in [0.15, 0.2) is 5.43 Å². The SMILES string of the molecule is O=c1cc(-c2ccc(I)cc2)oc2cc(O)ccc12. The van der Waals surface area contributed by atoms with Crippen LogP contribution in [-0.2, 0) is 0 Å². The zero-order valence-corrected chi connectivity index (χ0v) is 11.9. The number of aromatic hydroxyl groups is 1. The normalized spacial score (nSPS) is 10.8. The van der Waals surface area contributed by atoms with Crippen molar-refractivity contribution in [2.45, 2.75) is 0 Å². The number of fused-ring (bicyclic) bond motifs is 1. The molecular formula is C15H9IO3. The molecule has 0 radical (unpaired) electrons. The van der Waals surface area contributed by atoms with Crippen LogP contribution < -0.4 is 5.43 Å². The summed E-state index contributed by atoms with van der Waals surface area (Å²) in [5, 5.41) is 9.92. The Bertz CT molecular complexity index is 804. The number of halogens is 1. The lowest BCUT2D eigenvalue weighted by molar-refractivity contribution is 0.474. The van der Waals surface area contributed by atoms with Gasteiger partial charge in [0, 0.05) is 21.3 Å². The minimum atomic E-state index is -0.116. The van der Waals surface area contributed by atoms with Crippen molar-refractivity contribution in [3.8, 4) is 17.1 Å². The van der Waals surface area contributed by atoms with Crippen LogP contribution in [0.15, 0.2) is 57.7 Å². The molecule has 0 saturated carbocycles.